The van der Waals surface area contributed by atoms with Crippen molar-refractivity contribution in [2.45, 2.75) is 32.9 Å². The molecule has 0 aliphatic carbocycles. The molecule has 162 valence electrons. The minimum absolute atomic E-state index is 0.0669. The van der Waals surface area contributed by atoms with Crippen molar-refractivity contribution >= 4 is 17.6 Å². The fraction of sp³-hybridized carbons (Fsp3) is 0.682. The van der Waals surface area contributed by atoms with Gasteiger partial charge in [0, 0.05) is 63.4 Å². The van der Waals surface area contributed by atoms with Crippen molar-refractivity contribution in [3.63, 3.8) is 0 Å². The highest BCUT2D eigenvalue weighted by Gasteiger charge is 2.25. The van der Waals surface area contributed by atoms with Crippen LogP contribution in [0.5, 0.6) is 0 Å². The van der Waals surface area contributed by atoms with E-state index in [0.29, 0.717) is 18.5 Å². The van der Waals surface area contributed by atoms with Crippen molar-refractivity contribution in [1.82, 2.24) is 20.0 Å². The standard InChI is InChI=1S/C22H35ClN4O2/c1-18(2)21(26-12-14-29-15-13-26)16-24-22(28)27-9-3-8-25(10-11-27)17-19-4-6-20(23)7-5-19/h4-7,18,21H,3,8-17H2,1-2H3,(H,24,28). The van der Waals surface area contributed by atoms with Crippen LogP contribution in [0.1, 0.15) is 25.8 Å². The molecule has 1 unspecified atom stereocenters. The SMILES string of the molecule is CC(C)C(CNC(=O)N1CCCN(Cc2ccc(Cl)cc2)CC1)N1CCOCC1. The quantitative estimate of drug-likeness (QED) is 0.765. The van der Waals surface area contributed by atoms with Gasteiger partial charge in [-0.3, -0.25) is 9.80 Å². The summed E-state index contributed by atoms with van der Waals surface area (Å²) in [6, 6.07) is 8.46. The Morgan fingerprint density at radius 1 is 1.07 bits per heavy atom. The molecule has 2 saturated heterocycles. The van der Waals surface area contributed by atoms with Crippen LogP contribution in [-0.4, -0.2) is 85.8 Å². The maximum absolute atomic E-state index is 12.8. The molecule has 0 radical (unpaired) electrons. The molecule has 2 heterocycles. The largest absolute Gasteiger partial charge is 0.379 e. The van der Waals surface area contributed by atoms with E-state index in [4.69, 9.17) is 16.3 Å². The van der Waals surface area contributed by atoms with Gasteiger partial charge in [0.1, 0.15) is 0 Å². The highest BCUT2D eigenvalue weighted by molar-refractivity contribution is 6.30. The highest BCUT2D eigenvalue weighted by atomic mass is 35.5. The van der Waals surface area contributed by atoms with Gasteiger partial charge >= 0.3 is 6.03 Å². The lowest BCUT2D eigenvalue weighted by Crippen LogP contribution is -2.53. The Bertz CT molecular complexity index is 634. The molecule has 1 N–H and O–H groups in total. The van der Waals surface area contributed by atoms with E-state index in [0.717, 1.165) is 70.5 Å². The first-order valence-corrected chi connectivity index (χ1v) is 11.2. The van der Waals surface area contributed by atoms with Crippen LogP contribution in [0.25, 0.3) is 0 Å². The minimum atomic E-state index is 0.0669. The highest BCUT2D eigenvalue weighted by Crippen LogP contribution is 2.14. The van der Waals surface area contributed by atoms with Gasteiger partial charge in [-0.15, -0.1) is 0 Å². The Balaban J connectivity index is 1.46. The maximum atomic E-state index is 12.8. The molecule has 0 bridgehead atoms. The Hall–Kier alpha value is -1.34. The molecular weight excluding hydrogens is 388 g/mol. The molecule has 3 rings (SSSR count). The van der Waals surface area contributed by atoms with Crippen molar-refractivity contribution < 1.29 is 9.53 Å². The number of halogens is 1. The molecule has 29 heavy (non-hydrogen) atoms. The number of nitrogens with one attached hydrogen (secondary N) is 1. The monoisotopic (exact) mass is 422 g/mol. The van der Waals surface area contributed by atoms with Gasteiger partial charge < -0.3 is 15.0 Å². The van der Waals surface area contributed by atoms with Crippen molar-refractivity contribution in [3.8, 4) is 0 Å². The number of carbonyl (C=O) groups is 1. The zero-order valence-electron chi connectivity index (χ0n) is 17.8. The fourth-order valence-corrected chi connectivity index (χ4v) is 4.31. The number of urea groups is 1. The van der Waals surface area contributed by atoms with Crippen LogP contribution in [0.15, 0.2) is 24.3 Å². The van der Waals surface area contributed by atoms with E-state index in [-0.39, 0.29) is 6.03 Å². The number of rotatable bonds is 6. The summed E-state index contributed by atoms with van der Waals surface area (Å²) in [7, 11) is 0. The minimum Gasteiger partial charge on any atom is -0.379 e. The topological polar surface area (TPSA) is 48.1 Å². The van der Waals surface area contributed by atoms with E-state index in [2.05, 4.69) is 41.1 Å². The normalized spacial score (nSPS) is 20.5. The molecule has 0 saturated carbocycles. The number of hydrogen-bond acceptors (Lipinski definition) is 4. The first kappa shape index (κ1) is 22.3. The maximum Gasteiger partial charge on any atom is 0.317 e. The van der Waals surface area contributed by atoms with Gasteiger partial charge in [-0.1, -0.05) is 37.6 Å². The second-order valence-corrected chi connectivity index (χ2v) is 8.83. The van der Waals surface area contributed by atoms with Gasteiger partial charge in [-0.2, -0.15) is 0 Å². The van der Waals surface area contributed by atoms with Crippen molar-refractivity contribution in [2.75, 3.05) is 59.0 Å². The van der Waals surface area contributed by atoms with E-state index in [1.807, 2.05) is 17.0 Å². The lowest BCUT2D eigenvalue weighted by atomic mass is 10.0. The van der Waals surface area contributed by atoms with E-state index < -0.39 is 0 Å². The van der Waals surface area contributed by atoms with Crippen LogP contribution in [0.2, 0.25) is 5.02 Å². The second kappa shape index (κ2) is 11.2. The summed E-state index contributed by atoms with van der Waals surface area (Å²) < 4.78 is 5.47. The molecule has 2 aliphatic rings. The van der Waals surface area contributed by atoms with Crippen LogP contribution in [0.3, 0.4) is 0 Å². The van der Waals surface area contributed by atoms with Crippen LogP contribution in [0, 0.1) is 5.92 Å². The van der Waals surface area contributed by atoms with Gasteiger partial charge in [-0.25, -0.2) is 4.79 Å². The smallest absolute Gasteiger partial charge is 0.317 e. The lowest BCUT2D eigenvalue weighted by Gasteiger charge is -2.37. The van der Waals surface area contributed by atoms with Gasteiger partial charge in [0.05, 0.1) is 13.2 Å². The van der Waals surface area contributed by atoms with Gasteiger partial charge in [-0.05, 0) is 30.0 Å². The molecular formula is C22H35ClN4O2. The average Bonchev–Trinajstić information content (AvgIpc) is 2.96. The Morgan fingerprint density at radius 2 is 1.79 bits per heavy atom. The third-order valence-corrected chi connectivity index (χ3v) is 6.19. The molecule has 7 heteroatoms. The van der Waals surface area contributed by atoms with Crippen molar-refractivity contribution in [3.05, 3.63) is 34.9 Å². The average molecular weight is 423 g/mol. The first-order chi connectivity index (χ1) is 14.0. The Kier molecular flexibility index (Phi) is 8.60. The molecule has 0 spiro atoms. The number of hydrogen-bond donors (Lipinski definition) is 1. The summed E-state index contributed by atoms with van der Waals surface area (Å²) in [4.78, 5) is 19.6. The van der Waals surface area contributed by atoms with E-state index in [1.165, 1.54) is 5.56 Å². The molecule has 2 aliphatic heterocycles. The third kappa shape index (κ3) is 6.85. The fourth-order valence-electron chi connectivity index (χ4n) is 4.18. The molecule has 1 aromatic carbocycles. The number of carbonyl (C=O) groups excluding carboxylic acids is 1. The van der Waals surface area contributed by atoms with Crippen molar-refractivity contribution in [1.29, 1.82) is 0 Å². The predicted octanol–water partition coefficient (Wildman–Crippen LogP) is 2.91. The van der Waals surface area contributed by atoms with Crippen LogP contribution >= 0.6 is 11.6 Å². The molecule has 0 aromatic heterocycles. The Morgan fingerprint density at radius 3 is 2.48 bits per heavy atom. The zero-order chi connectivity index (χ0) is 20.6. The van der Waals surface area contributed by atoms with Gasteiger partial charge in [0.15, 0.2) is 0 Å². The van der Waals surface area contributed by atoms with Crippen LogP contribution < -0.4 is 5.32 Å². The molecule has 1 atom stereocenters. The molecule has 2 fully saturated rings. The van der Waals surface area contributed by atoms with Crippen molar-refractivity contribution in [2.24, 2.45) is 5.92 Å². The van der Waals surface area contributed by atoms with E-state index >= 15 is 0 Å². The van der Waals surface area contributed by atoms with E-state index in [1.54, 1.807) is 0 Å². The zero-order valence-corrected chi connectivity index (χ0v) is 18.5. The summed E-state index contributed by atoms with van der Waals surface area (Å²) in [6.45, 7) is 13.0. The summed E-state index contributed by atoms with van der Waals surface area (Å²) in [5.41, 5.74) is 1.26. The molecule has 6 nitrogen and oxygen atoms in total. The summed E-state index contributed by atoms with van der Waals surface area (Å²) in [5.74, 6) is 0.493. The first-order valence-electron chi connectivity index (χ1n) is 10.8. The molecule has 1 aromatic rings. The van der Waals surface area contributed by atoms with E-state index in [9.17, 15) is 4.79 Å². The van der Waals surface area contributed by atoms with Gasteiger partial charge in [0.2, 0.25) is 0 Å². The number of morpholine rings is 1. The number of nitrogens with zero attached hydrogens (tertiary/aromatic N) is 3. The lowest BCUT2D eigenvalue weighted by molar-refractivity contribution is 0.00695. The summed E-state index contributed by atoms with van der Waals surface area (Å²) in [5, 5.41) is 3.97. The summed E-state index contributed by atoms with van der Waals surface area (Å²) in [6.07, 6.45) is 0.998. The Labute approximate surface area is 180 Å². The van der Waals surface area contributed by atoms with Crippen LogP contribution in [0.4, 0.5) is 4.79 Å². The number of benzene rings is 1. The van der Waals surface area contributed by atoms with Gasteiger partial charge in [0.25, 0.3) is 0 Å². The number of ether oxygens (including phenoxy) is 1. The summed E-state index contributed by atoms with van der Waals surface area (Å²) >= 11 is 5.98. The van der Waals surface area contributed by atoms with Crippen LogP contribution in [-0.2, 0) is 11.3 Å². The number of amides is 2. The third-order valence-electron chi connectivity index (χ3n) is 5.94. The second-order valence-electron chi connectivity index (χ2n) is 8.39. The predicted molar refractivity (Wildman–Crippen MR) is 117 cm³/mol. The molecule has 2 amide bonds.